The molecule has 0 aliphatic carbocycles. The number of carbonyl (C=O) groups excluding carboxylic acids is 2. The van der Waals surface area contributed by atoms with Crippen molar-refractivity contribution in [2.24, 2.45) is 0 Å². The molecule has 0 spiro atoms. The van der Waals surface area contributed by atoms with Crippen LogP contribution in [0, 0.1) is 5.82 Å². The molecule has 1 aromatic heterocycles. The molecule has 1 aliphatic heterocycles. The van der Waals surface area contributed by atoms with Crippen molar-refractivity contribution in [2.45, 2.75) is 44.2 Å². The minimum absolute atomic E-state index is 0.0689. The average Bonchev–Trinajstić information content (AvgIpc) is 3.45. The van der Waals surface area contributed by atoms with E-state index in [1.807, 2.05) is 35.7 Å². The third-order valence-corrected chi connectivity index (χ3v) is 6.76. The lowest BCUT2D eigenvalue weighted by Gasteiger charge is -2.29. The second-order valence-electron chi connectivity index (χ2n) is 8.23. The quantitative estimate of drug-likeness (QED) is 0.493. The van der Waals surface area contributed by atoms with Gasteiger partial charge in [0.05, 0.1) is 19.3 Å². The van der Waals surface area contributed by atoms with Gasteiger partial charge in [0.15, 0.2) is 0 Å². The van der Waals surface area contributed by atoms with E-state index in [1.54, 1.807) is 12.1 Å². The Bertz CT molecular complexity index is 1130. The van der Waals surface area contributed by atoms with Gasteiger partial charge < -0.3 is 15.4 Å². The largest absolute Gasteiger partial charge is 0.497 e. The summed E-state index contributed by atoms with van der Waals surface area (Å²) in [5.74, 6) is -0.127. The van der Waals surface area contributed by atoms with Gasteiger partial charge in [-0.05, 0) is 30.9 Å². The summed E-state index contributed by atoms with van der Waals surface area (Å²) in [6.07, 6.45) is 1.94. The highest BCUT2D eigenvalue weighted by Crippen LogP contribution is 2.31. The average molecular weight is 468 g/mol. The van der Waals surface area contributed by atoms with Crippen LogP contribution in [-0.2, 0) is 22.6 Å². The van der Waals surface area contributed by atoms with Crippen molar-refractivity contribution in [1.82, 2.24) is 15.6 Å². The Balaban J connectivity index is 1.34. The molecule has 172 valence electrons. The van der Waals surface area contributed by atoms with Crippen LogP contribution in [0.3, 0.4) is 0 Å². The molecule has 8 heteroatoms. The SMILES string of the molecule is COc1ccc(C[C@]2(CCC(=O)NCc3nc(-c4ccccc4)cs3)CCC(=O)N2)c(F)c1. The molecule has 0 unspecified atom stereocenters. The molecule has 1 fully saturated rings. The van der Waals surface area contributed by atoms with Crippen LogP contribution in [0.25, 0.3) is 11.3 Å². The van der Waals surface area contributed by atoms with Crippen LogP contribution in [0.1, 0.15) is 36.3 Å². The molecule has 0 bridgehead atoms. The van der Waals surface area contributed by atoms with Gasteiger partial charge in [-0.2, -0.15) is 0 Å². The summed E-state index contributed by atoms with van der Waals surface area (Å²) in [6.45, 7) is 0.350. The van der Waals surface area contributed by atoms with Crippen molar-refractivity contribution in [1.29, 1.82) is 0 Å². The predicted molar refractivity (Wildman–Crippen MR) is 125 cm³/mol. The van der Waals surface area contributed by atoms with Crippen LogP contribution < -0.4 is 15.4 Å². The zero-order valence-corrected chi connectivity index (χ0v) is 19.2. The summed E-state index contributed by atoms with van der Waals surface area (Å²) in [7, 11) is 1.49. The summed E-state index contributed by atoms with van der Waals surface area (Å²) in [5, 5.41) is 8.71. The zero-order chi connectivity index (χ0) is 23.3. The summed E-state index contributed by atoms with van der Waals surface area (Å²) in [6, 6.07) is 14.6. The monoisotopic (exact) mass is 467 g/mol. The number of carbonyl (C=O) groups is 2. The Labute approximate surface area is 196 Å². The Morgan fingerprint density at radius 3 is 2.79 bits per heavy atom. The number of ether oxygens (including phenoxy) is 1. The van der Waals surface area contributed by atoms with Crippen molar-refractivity contribution >= 4 is 23.2 Å². The third kappa shape index (κ3) is 5.76. The van der Waals surface area contributed by atoms with Gasteiger partial charge in [-0.1, -0.05) is 36.4 Å². The molecule has 1 aliphatic rings. The molecule has 6 nitrogen and oxygen atoms in total. The van der Waals surface area contributed by atoms with Gasteiger partial charge in [-0.3, -0.25) is 9.59 Å². The van der Waals surface area contributed by atoms with Crippen LogP contribution in [0.4, 0.5) is 4.39 Å². The van der Waals surface area contributed by atoms with Crippen molar-refractivity contribution in [3.05, 3.63) is 70.3 Å². The van der Waals surface area contributed by atoms with Crippen LogP contribution in [0.2, 0.25) is 0 Å². The fourth-order valence-electron chi connectivity index (χ4n) is 4.09. The Hall–Kier alpha value is -3.26. The second-order valence-corrected chi connectivity index (χ2v) is 9.17. The van der Waals surface area contributed by atoms with Crippen molar-refractivity contribution in [3.8, 4) is 17.0 Å². The van der Waals surface area contributed by atoms with Crippen LogP contribution in [0.5, 0.6) is 5.75 Å². The highest BCUT2D eigenvalue weighted by Gasteiger charge is 2.38. The van der Waals surface area contributed by atoms with Gasteiger partial charge in [0.1, 0.15) is 16.6 Å². The first kappa shape index (κ1) is 22.9. The molecule has 2 heterocycles. The van der Waals surface area contributed by atoms with Gasteiger partial charge in [-0.25, -0.2) is 9.37 Å². The number of nitrogens with zero attached hydrogens (tertiary/aromatic N) is 1. The number of hydrogen-bond acceptors (Lipinski definition) is 5. The van der Waals surface area contributed by atoms with Gasteiger partial charge >= 0.3 is 0 Å². The van der Waals surface area contributed by atoms with E-state index in [2.05, 4.69) is 15.6 Å². The molecule has 1 saturated heterocycles. The maximum absolute atomic E-state index is 14.5. The zero-order valence-electron chi connectivity index (χ0n) is 18.4. The van der Waals surface area contributed by atoms with Crippen LogP contribution >= 0.6 is 11.3 Å². The number of rotatable bonds is 9. The molecule has 1 atom stereocenters. The minimum Gasteiger partial charge on any atom is -0.497 e. The van der Waals surface area contributed by atoms with Gasteiger partial charge in [0.25, 0.3) is 0 Å². The summed E-state index contributed by atoms with van der Waals surface area (Å²) in [4.78, 5) is 29.1. The molecular weight excluding hydrogens is 441 g/mol. The fraction of sp³-hybridized carbons (Fsp3) is 0.320. The van der Waals surface area contributed by atoms with E-state index in [0.29, 0.717) is 43.5 Å². The maximum atomic E-state index is 14.5. The van der Waals surface area contributed by atoms with E-state index < -0.39 is 5.54 Å². The highest BCUT2D eigenvalue weighted by atomic mass is 32.1. The number of thiazole rings is 1. The first-order valence-corrected chi connectivity index (χ1v) is 11.7. The Morgan fingerprint density at radius 1 is 1.27 bits per heavy atom. The van der Waals surface area contributed by atoms with E-state index in [9.17, 15) is 14.0 Å². The lowest BCUT2D eigenvalue weighted by Crippen LogP contribution is -2.44. The van der Waals surface area contributed by atoms with Gasteiger partial charge in [-0.15, -0.1) is 11.3 Å². The molecular formula is C25H26FN3O3S. The maximum Gasteiger partial charge on any atom is 0.220 e. The summed E-state index contributed by atoms with van der Waals surface area (Å²) in [5.41, 5.74) is 1.79. The van der Waals surface area contributed by atoms with Crippen molar-refractivity contribution < 1.29 is 18.7 Å². The molecule has 2 amide bonds. The topological polar surface area (TPSA) is 80.3 Å². The molecule has 2 N–H and O–H groups in total. The fourth-order valence-corrected chi connectivity index (χ4v) is 4.84. The van der Waals surface area contributed by atoms with Gasteiger partial charge in [0.2, 0.25) is 11.8 Å². The number of methoxy groups -OCH3 is 1. The molecule has 33 heavy (non-hydrogen) atoms. The Morgan fingerprint density at radius 2 is 2.09 bits per heavy atom. The standard InChI is InChI=1S/C25H26FN3O3S/c1-32-19-8-7-18(20(26)13-19)14-25(12-10-23(31)29-25)11-9-22(30)27-15-24-28-21(16-33-24)17-5-3-2-4-6-17/h2-8,13,16H,9-12,14-15H2,1H3,(H,27,30)(H,29,31)/t25-/m0/s1. The van der Waals surface area contributed by atoms with E-state index in [0.717, 1.165) is 16.3 Å². The van der Waals surface area contributed by atoms with E-state index in [-0.39, 0.29) is 24.1 Å². The smallest absolute Gasteiger partial charge is 0.220 e. The van der Waals surface area contributed by atoms with Crippen LogP contribution in [-0.4, -0.2) is 29.4 Å². The minimum atomic E-state index is -0.633. The van der Waals surface area contributed by atoms with Crippen molar-refractivity contribution in [2.75, 3.05) is 7.11 Å². The lowest BCUT2D eigenvalue weighted by atomic mass is 9.84. The van der Waals surface area contributed by atoms with E-state index in [1.165, 1.54) is 24.5 Å². The second kappa shape index (κ2) is 10.1. The third-order valence-electron chi connectivity index (χ3n) is 5.91. The van der Waals surface area contributed by atoms with Gasteiger partial charge in [0, 0.05) is 35.4 Å². The number of benzene rings is 2. The molecule has 3 aromatic rings. The summed E-state index contributed by atoms with van der Waals surface area (Å²) < 4.78 is 19.6. The number of nitrogens with one attached hydrogen (secondary N) is 2. The molecule has 2 aromatic carbocycles. The number of halogens is 1. The van der Waals surface area contributed by atoms with Crippen molar-refractivity contribution in [3.63, 3.8) is 0 Å². The highest BCUT2D eigenvalue weighted by molar-refractivity contribution is 7.09. The number of aromatic nitrogens is 1. The molecule has 0 saturated carbocycles. The predicted octanol–water partition coefficient (Wildman–Crippen LogP) is 4.25. The lowest BCUT2D eigenvalue weighted by molar-refractivity contribution is -0.122. The number of amides is 2. The normalized spacial score (nSPS) is 17.6. The molecule has 0 radical (unpaired) electrons. The van der Waals surface area contributed by atoms with Crippen LogP contribution in [0.15, 0.2) is 53.9 Å². The van der Waals surface area contributed by atoms with E-state index >= 15 is 0 Å². The Kier molecular flexibility index (Phi) is 7.03. The first-order chi connectivity index (χ1) is 16.0. The number of hydrogen-bond donors (Lipinski definition) is 2. The first-order valence-electron chi connectivity index (χ1n) is 10.9. The molecule has 4 rings (SSSR count). The van der Waals surface area contributed by atoms with E-state index in [4.69, 9.17) is 4.74 Å². The summed E-state index contributed by atoms with van der Waals surface area (Å²) >= 11 is 1.50.